The van der Waals surface area contributed by atoms with Crippen LogP contribution >= 0.6 is 11.6 Å². The molecule has 0 radical (unpaired) electrons. The van der Waals surface area contributed by atoms with Gasteiger partial charge >= 0.3 is 0 Å². The first kappa shape index (κ1) is 17.1. The van der Waals surface area contributed by atoms with Crippen molar-refractivity contribution in [1.82, 2.24) is 5.32 Å². The van der Waals surface area contributed by atoms with Gasteiger partial charge in [0, 0.05) is 16.6 Å². The molecule has 1 aromatic carbocycles. The molecule has 0 spiro atoms. The van der Waals surface area contributed by atoms with Gasteiger partial charge in [0.2, 0.25) is 5.91 Å². The number of hydrogen-bond donors (Lipinski definition) is 1. The van der Waals surface area contributed by atoms with Crippen LogP contribution < -0.4 is 10.1 Å². The Balaban J connectivity index is 2.01. The van der Waals surface area contributed by atoms with Crippen molar-refractivity contribution in [1.29, 1.82) is 0 Å². The molecule has 0 unspecified atom stereocenters. The van der Waals surface area contributed by atoms with Crippen LogP contribution in [0, 0.1) is 0 Å². The number of sulfone groups is 1. The number of carbonyl (C=O) groups is 1. The molecular formula is C15H20ClNO4S. The van der Waals surface area contributed by atoms with Crippen LogP contribution in [0.25, 0.3) is 0 Å². The lowest BCUT2D eigenvalue weighted by Crippen LogP contribution is -2.37. The highest BCUT2D eigenvalue weighted by atomic mass is 35.5. The molecule has 1 N–H and O–H groups in total. The first-order chi connectivity index (χ1) is 10.4. The van der Waals surface area contributed by atoms with Gasteiger partial charge in [-0.05, 0) is 31.0 Å². The third-order valence-electron chi connectivity index (χ3n) is 3.69. The number of hydrogen-bond acceptors (Lipinski definition) is 4. The molecule has 22 heavy (non-hydrogen) atoms. The average Bonchev–Trinajstić information content (AvgIpc) is 2.90. The van der Waals surface area contributed by atoms with Crippen molar-refractivity contribution in [2.45, 2.75) is 37.5 Å². The Morgan fingerprint density at radius 1 is 1.36 bits per heavy atom. The van der Waals surface area contributed by atoms with Crippen molar-refractivity contribution in [3.63, 3.8) is 0 Å². The predicted octanol–water partition coefficient (Wildman–Crippen LogP) is 2.32. The Bertz CT molecular complexity index is 639. The van der Waals surface area contributed by atoms with E-state index in [4.69, 9.17) is 16.3 Å². The summed E-state index contributed by atoms with van der Waals surface area (Å²) in [6.45, 7) is 0. The SMILES string of the molecule is COc1ccc(Cl)cc1CS(=O)(=O)CC(=O)NC1CCCC1. The minimum absolute atomic E-state index is 0.114. The van der Waals surface area contributed by atoms with Gasteiger partial charge in [0.15, 0.2) is 9.84 Å². The molecule has 5 nitrogen and oxygen atoms in total. The molecule has 122 valence electrons. The Hall–Kier alpha value is -1.27. The smallest absolute Gasteiger partial charge is 0.235 e. The number of ether oxygens (including phenoxy) is 1. The van der Waals surface area contributed by atoms with E-state index in [0.717, 1.165) is 25.7 Å². The van der Waals surface area contributed by atoms with Crippen molar-refractivity contribution in [3.05, 3.63) is 28.8 Å². The Kier molecular flexibility index (Phi) is 5.69. The molecule has 7 heteroatoms. The summed E-state index contributed by atoms with van der Waals surface area (Å²) in [6.07, 6.45) is 4.01. The average molecular weight is 346 g/mol. The summed E-state index contributed by atoms with van der Waals surface area (Å²) in [5.41, 5.74) is 0.462. The lowest BCUT2D eigenvalue weighted by molar-refractivity contribution is -0.119. The number of methoxy groups -OCH3 is 1. The second kappa shape index (κ2) is 7.33. The monoisotopic (exact) mass is 345 g/mol. The third-order valence-corrected chi connectivity index (χ3v) is 5.38. The maximum Gasteiger partial charge on any atom is 0.235 e. The Labute approximate surface area is 135 Å². The van der Waals surface area contributed by atoms with Crippen LogP contribution in [-0.2, 0) is 20.4 Å². The number of carbonyl (C=O) groups excluding carboxylic acids is 1. The molecule has 1 aliphatic rings. The second-order valence-electron chi connectivity index (χ2n) is 5.54. The fourth-order valence-corrected chi connectivity index (χ4v) is 4.17. The van der Waals surface area contributed by atoms with E-state index in [0.29, 0.717) is 16.3 Å². The molecule has 1 amide bonds. The summed E-state index contributed by atoms with van der Waals surface area (Å²) >= 11 is 5.89. The van der Waals surface area contributed by atoms with Gasteiger partial charge in [-0.1, -0.05) is 24.4 Å². The lowest BCUT2D eigenvalue weighted by Gasteiger charge is -2.13. The summed E-state index contributed by atoms with van der Waals surface area (Å²) in [4.78, 5) is 11.9. The number of nitrogens with one attached hydrogen (secondary N) is 1. The van der Waals surface area contributed by atoms with E-state index in [1.54, 1.807) is 18.2 Å². The van der Waals surface area contributed by atoms with Crippen LogP contribution in [-0.4, -0.2) is 33.2 Å². The molecule has 0 aliphatic heterocycles. The number of benzene rings is 1. The Morgan fingerprint density at radius 3 is 2.68 bits per heavy atom. The van der Waals surface area contributed by atoms with Gasteiger partial charge in [-0.25, -0.2) is 8.42 Å². The van der Waals surface area contributed by atoms with Crippen molar-refractivity contribution in [2.75, 3.05) is 12.9 Å². The van der Waals surface area contributed by atoms with Crippen LogP contribution in [0.3, 0.4) is 0 Å². The van der Waals surface area contributed by atoms with Gasteiger partial charge in [0.1, 0.15) is 11.5 Å². The van der Waals surface area contributed by atoms with Crippen LogP contribution in [0.2, 0.25) is 5.02 Å². The van der Waals surface area contributed by atoms with E-state index >= 15 is 0 Å². The van der Waals surface area contributed by atoms with Gasteiger partial charge in [-0.3, -0.25) is 4.79 Å². The van der Waals surface area contributed by atoms with Crippen LogP contribution in [0.15, 0.2) is 18.2 Å². The van der Waals surface area contributed by atoms with Gasteiger partial charge in [0.25, 0.3) is 0 Å². The van der Waals surface area contributed by atoms with E-state index < -0.39 is 21.5 Å². The molecule has 1 saturated carbocycles. The zero-order valence-corrected chi connectivity index (χ0v) is 14.0. The van der Waals surface area contributed by atoms with Crippen molar-refractivity contribution >= 4 is 27.3 Å². The van der Waals surface area contributed by atoms with Crippen molar-refractivity contribution < 1.29 is 17.9 Å². The van der Waals surface area contributed by atoms with Gasteiger partial charge < -0.3 is 10.1 Å². The largest absolute Gasteiger partial charge is 0.496 e. The first-order valence-electron chi connectivity index (χ1n) is 7.22. The first-order valence-corrected chi connectivity index (χ1v) is 9.42. The highest BCUT2D eigenvalue weighted by Gasteiger charge is 2.23. The van der Waals surface area contributed by atoms with Gasteiger partial charge in [-0.2, -0.15) is 0 Å². The fourth-order valence-electron chi connectivity index (χ4n) is 2.69. The molecule has 0 heterocycles. The summed E-state index contributed by atoms with van der Waals surface area (Å²) in [5.74, 6) is -0.773. The summed E-state index contributed by atoms with van der Waals surface area (Å²) in [7, 11) is -2.11. The highest BCUT2D eigenvalue weighted by Crippen LogP contribution is 2.25. The number of rotatable bonds is 6. The molecule has 0 atom stereocenters. The van der Waals surface area contributed by atoms with E-state index in [-0.39, 0.29) is 11.8 Å². The van der Waals surface area contributed by atoms with Gasteiger partial charge in [-0.15, -0.1) is 0 Å². The molecule has 1 fully saturated rings. The standard InChI is InChI=1S/C15H20ClNO4S/c1-21-14-7-6-12(16)8-11(14)9-22(19,20)10-15(18)17-13-4-2-3-5-13/h6-8,13H,2-5,9-10H2,1H3,(H,17,18). The van der Waals surface area contributed by atoms with Crippen LogP contribution in [0.4, 0.5) is 0 Å². The summed E-state index contributed by atoms with van der Waals surface area (Å²) in [5, 5.41) is 3.22. The molecule has 1 aliphatic carbocycles. The second-order valence-corrected chi connectivity index (χ2v) is 8.04. The molecule has 2 rings (SSSR count). The van der Waals surface area contributed by atoms with Gasteiger partial charge in [0.05, 0.1) is 12.9 Å². The van der Waals surface area contributed by atoms with E-state index in [1.807, 2.05) is 0 Å². The topological polar surface area (TPSA) is 72.5 Å². The zero-order chi connectivity index (χ0) is 16.2. The normalized spacial score (nSPS) is 15.7. The van der Waals surface area contributed by atoms with Crippen molar-refractivity contribution in [2.24, 2.45) is 0 Å². The quantitative estimate of drug-likeness (QED) is 0.858. The molecular weight excluding hydrogens is 326 g/mol. The van der Waals surface area contributed by atoms with Crippen molar-refractivity contribution in [3.8, 4) is 5.75 Å². The molecule has 0 aromatic heterocycles. The molecule has 0 bridgehead atoms. The molecule has 0 saturated heterocycles. The minimum Gasteiger partial charge on any atom is -0.496 e. The van der Waals surface area contributed by atoms with E-state index in [1.165, 1.54) is 7.11 Å². The fraction of sp³-hybridized carbons (Fsp3) is 0.533. The minimum atomic E-state index is -3.58. The third kappa shape index (κ3) is 4.88. The molecule has 1 aromatic rings. The predicted molar refractivity (Wildman–Crippen MR) is 85.9 cm³/mol. The van der Waals surface area contributed by atoms with E-state index in [9.17, 15) is 13.2 Å². The number of halogens is 1. The summed E-state index contributed by atoms with van der Waals surface area (Å²) in [6, 6.07) is 4.91. The van der Waals surface area contributed by atoms with E-state index in [2.05, 4.69) is 5.32 Å². The highest BCUT2D eigenvalue weighted by molar-refractivity contribution is 7.91. The lowest BCUT2D eigenvalue weighted by atomic mass is 10.2. The zero-order valence-electron chi connectivity index (χ0n) is 12.5. The summed E-state index contributed by atoms with van der Waals surface area (Å²) < 4.78 is 29.5. The Morgan fingerprint density at radius 2 is 2.05 bits per heavy atom. The van der Waals surface area contributed by atoms with Crippen LogP contribution in [0.5, 0.6) is 5.75 Å². The maximum atomic E-state index is 12.2. The van der Waals surface area contributed by atoms with Crippen LogP contribution in [0.1, 0.15) is 31.2 Å². The number of amides is 1. The maximum absolute atomic E-state index is 12.2.